The van der Waals surface area contributed by atoms with Crippen LogP contribution < -0.4 is 14.8 Å². The molecule has 0 aliphatic carbocycles. The summed E-state index contributed by atoms with van der Waals surface area (Å²) in [5, 5.41) is 11.8. The standard InChI is InChI=1S/C26H23F3N4O3S/c1-35-21-12-18(13-22(14-21)36-2)24(34)30-15-23-31-32-25(33(23)20-9-4-3-5-10-20)37-16-17-7-6-8-19(11-17)26(27,28)29/h3-14H,15-16H2,1-2H3,(H,30,34). The molecule has 0 aliphatic heterocycles. The lowest BCUT2D eigenvalue weighted by atomic mass is 10.1. The summed E-state index contributed by atoms with van der Waals surface area (Å²) in [7, 11) is 2.99. The number of carbonyl (C=O) groups is 1. The molecule has 0 spiro atoms. The summed E-state index contributed by atoms with van der Waals surface area (Å²) in [6.45, 7) is 0.0599. The third-order valence-corrected chi connectivity index (χ3v) is 6.36. The molecule has 0 saturated heterocycles. The van der Waals surface area contributed by atoms with Crippen LogP contribution in [0.1, 0.15) is 27.3 Å². The predicted molar refractivity (Wildman–Crippen MR) is 133 cm³/mol. The minimum absolute atomic E-state index is 0.0599. The molecule has 0 unspecified atom stereocenters. The van der Waals surface area contributed by atoms with Gasteiger partial charge in [-0.1, -0.05) is 48.2 Å². The van der Waals surface area contributed by atoms with Crippen molar-refractivity contribution in [2.75, 3.05) is 14.2 Å². The van der Waals surface area contributed by atoms with Gasteiger partial charge in [0.15, 0.2) is 11.0 Å². The molecule has 4 aromatic rings. The number of rotatable bonds is 9. The maximum atomic E-state index is 13.1. The highest BCUT2D eigenvalue weighted by Crippen LogP contribution is 2.31. The molecule has 37 heavy (non-hydrogen) atoms. The van der Waals surface area contributed by atoms with E-state index < -0.39 is 11.7 Å². The normalized spacial score (nSPS) is 11.3. The Bertz CT molecular complexity index is 1350. The van der Waals surface area contributed by atoms with Crippen molar-refractivity contribution in [2.24, 2.45) is 0 Å². The van der Waals surface area contributed by atoms with Crippen LogP contribution in [-0.4, -0.2) is 34.9 Å². The summed E-state index contributed by atoms with van der Waals surface area (Å²) >= 11 is 1.25. The van der Waals surface area contributed by atoms with E-state index >= 15 is 0 Å². The van der Waals surface area contributed by atoms with Gasteiger partial charge in [-0.05, 0) is 35.9 Å². The number of amides is 1. The van der Waals surface area contributed by atoms with Crippen LogP contribution in [0.4, 0.5) is 13.2 Å². The van der Waals surface area contributed by atoms with Crippen LogP contribution in [0.15, 0.2) is 78.0 Å². The van der Waals surface area contributed by atoms with Crippen molar-refractivity contribution in [3.05, 3.63) is 95.3 Å². The highest BCUT2D eigenvalue weighted by atomic mass is 32.2. The van der Waals surface area contributed by atoms with E-state index in [0.717, 1.165) is 17.8 Å². The number of thioether (sulfide) groups is 1. The zero-order valence-electron chi connectivity index (χ0n) is 20.0. The van der Waals surface area contributed by atoms with Crippen LogP contribution in [-0.2, 0) is 18.5 Å². The molecule has 0 saturated carbocycles. The Balaban J connectivity index is 1.55. The van der Waals surface area contributed by atoms with E-state index in [-0.39, 0.29) is 18.2 Å². The number of benzene rings is 3. The molecule has 0 bridgehead atoms. The molecule has 1 N–H and O–H groups in total. The summed E-state index contributed by atoms with van der Waals surface area (Å²) < 4.78 is 51.5. The minimum Gasteiger partial charge on any atom is -0.497 e. The Labute approximate surface area is 215 Å². The fourth-order valence-corrected chi connectivity index (χ4v) is 4.44. The van der Waals surface area contributed by atoms with E-state index in [4.69, 9.17) is 9.47 Å². The second kappa shape index (κ2) is 11.4. The average Bonchev–Trinajstić information content (AvgIpc) is 3.33. The van der Waals surface area contributed by atoms with E-state index in [1.165, 1.54) is 32.0 Å². The van der Waals surface area contributed by atoms with E-state index in [1.807, 2.05) is 30.3 Å². The zero-order valence-corrected chi connectivity index (χ0v) is 20.8. The van der Waals surface area contributed by atoms with E-state index in [0.29, 0.717) is 33.6 Å². The molecule has 3 aromatic carbocycles. The average molecular weight is 529 g/mol. The minimum atomic E-state index is -4.41. The highest BCUT2D eigenvalue weighted by molar-refractivity contribution is 7.98. The predicted octanol–water partition coefficient (Wildman–Crippen LogP) is 5.53. The molecule has 192 valence electrons. The largest absolute Gasteiger partial charge is 0.497 e. The van der Waals surface area contributed by atoms with Gasteiger partial charge >= 0.3 is 6.18 Å². The number of halogens is 3. The molecule has 1 aromatic heterocycles. The lowest BCUT2D eigenvalue weighted by molar-refractivity contribution is -0.137. The number of aromatic nitrogens is 3. The summed E-state index contributed by atoms with van der Waals surface area (Å²) in [5.74, 6) is 1.31. The zero-order chi connectivity index (χ0) is 26.4. The second-order valence-corrected chi connectivity index (χ2v) is 8.78. The van der Waals surface area contributed by atoms with Gasteiger partial charge in [0.1, 0.15) is 11.5 Å². The van der Waals surface area contributed by atoms with E-state index in [1.54, 1.807) is 28.8 Å². The van der Waals surface area contributed by atoms with Gasteiger partial charge < -0.3 is 14.8 Å². The number of methoxy groups -OCH3 is 2. The Morgan fingerprint density at radius 3 is 2.30 bits per heavy atom. The molecule has 0 aliphatic rings. The number of hydrogen-bond acceptors (Lipinski definition) is 6. The maximum Gasteiger partial charge on any atom is 0.416 e. The van der Waals surface area contributed by atoms with Crippen molar-refractivity contribution in [3.8, 4) is 17.2 Å². The number of nitrogens with zero attached hydrogens (tertiary/aromatic N) is 3. The van der Waals surface area contributed by atoms with Crippen LogP contribution in [0.25, 0.3) is 5.69 Å². The molecule has 4 rings (SSSR count). The van der Waals surface area contributed by atoms with Crippen LogP contribution in [0.2, 0.25) is 0 Å². The summed E-state index contributed by atoms with van der Waals surface area (Å²) in [5.41, 5.74) is 0.907. The van der Waals surface area contributed by atoms with Crippen LogP contribution in [0.5, 0.6) is 11.5 Å². The Morgan fingerprint density at radius 1 is 0.946 bits per heavy atom. The van der Waals surface area contributed by atoms with Gasteiger partial charge in [-0.15, -0.1) is 10.2 Å². The first-order valence-corrected chi connectivity index (χ1v) is 12.1. The first kappa shape index (κ1) is 26.1. The molecule has 1 amide bonds. The van der Waals surface area contributed by atoms with Gasteiger partial charge in [0, 0.05) is 23.1 Å². The first-order valence-electron chi connectivity index (χ1n) is 11.1. The van der Waals surface area contributed by atoms with Crippen LogP contribution in [0, 0.1) is 0 Å². The fraction of sp³-hybridized carbons (Fsp3) is 0.192. The van der Waals surface area contributed by atoms with Crippen molar-refractivity contribution in [1.82, 2.24) is 20.1 Å². The fourth-order valence-electron chi connectivity index (χ4n) is 3.53. The summed E-state index contributed by atoms with van der Waals surface area (Å²) in [4.78, 5) is 12.9. The maximum absolute atomic E-state index is 13.1. The van der Waals surface area contributed by atoms with Crippen molar-refractivity contribution in [1.29, 1.82) is 0 Å². The molecular formula is C26H23F3N4O3S. The van der Waals surface area contributed by atoms with Gasteiger partial charge in [0.2, 0.25) is 0 Å². The number of carbonyl (C=O) groups excluding carboxylic acids is 1. The molecular weight excluding hydrogens is 505 g/mol. The summed E-state index contributed by atoms with van der Waals surface area (Å²) in [6, 6.07) is 19.3. The highest BCUT2D eigenvalue weighted by Gasteiger charge is 2.30. The third-order valence-electron chi connectivity index (χ3n) is 5.36. The number of nitrogens with one attached hydrogen (secondary N) is 1. The molecule has 0 fully saturated rings. The number of alkyl halides is 3. The van der Waals surface area contributed by atoms with Crippen molar-refractivity contribution < 1.29 is 27.4 Å². The quantitative estimate of drug-likeness (QED) is 0.288. The van der Waals surface area contributed by atoms with Crippen molar-refractivity contribution >= 4 is 17.7 Å². The smallest absolute Gasteiger partial charge is 0.416 e. The Kier molecular flexibility index (Phi) is 8.02. The monoisotopic (exact) mass is 528 g/mol. The van der Waals surface area contributed by atoms with Gasteiger partial charge in [0.05, 0.1) is 26.3 Å². The van der Waals surface area contributed by atoms with Crippen LogP contribution >= 0.6 is 11.8 Å². The van der Waals surface area contributed by atoms with Gasteiger partial charge in [-0.25, -0.2) is 0 Å². The van der Waals surface area contributed by atoms with E-state index in [9.17, 15) is 18.0 Å². The van der Waals surface area contributed by atoms with Crippen molar-refractivity contribution in [2.45, 2.75) is 23.6 Å². The lowest BCUT2D eigenvalue weighted by Gasteiger charge is -2.12. The number of ether oxygens (including phenoxy) is 2. The number of hydrogen-bond donors (Lipinski definition) is 1. The van der Waals surface area contributed by atoms with Gasteiger partial charge in [-0.3, -0.25) is 9.36 Å². The second-order valence-electron chi connectivity index (χ2n) is 7.84. The third kappa shape index (κ3) is 6.42. The topological polar surface area (TPSA) is 78.3 Å². The first-order chi connectivity index (χ1) is 17.8. The SMILES string of the molecule is COc1cc(OC)cc(C(=O)NCc2nnc(SCc3cccc(C(F)(F)F)c3)n2-c2ccccc2)c1. The lowest BCUT2D eigenvalue weighted by Crippen LogP contribution is -2.24. The molecule has 11 heteroatoms. The summed E-state index contributed by atoms with van der Waals surface area (Å²) in [6.07, 6.45) is -4.41. The van der Waals surface area contributed by atoms with Crippen molar-refractivity contribution in [3.63, 3.8) is 0 Å². The Hall–Kier alpha value is -3.99. The molecule has 0 radical (unpaired) electrons. The molecule has 0 atom stereocenters. The number of para-hydroxylation sites is 1. The van der Waals surface area contributed by atoms with Gasteiger partial charge in [0.25, 0.3) is 5.91 Å². The van der Waals surface area contributed by atoms with E-state index in [2.05, 4.69) is 15.5 Å². The van der Waals surface area contributed by atoms with Gasteiger partial charge in [-0.2, -0.15) is 13.2 Å². The van der Waals surface area contributed by atoms with Crippen LogP contribution in [0.3, 0.4) is 0 Å². The Morgan fingerprint density at radius 2 is 1.65 bits per heavy atom. The molecule has 7 nitrogen and oxygen atoms in total. The molecule has 1 heterocycles.